The fourth-order valence-corrected chi connectivity index (χ4v) is 3.42. The van der Waals surface area contributed by atoms with Crippen molar-refractivity contribution in [3.8, 4) is 0 Å². The van der Waals surface area contributed by atoms with Gasteiger partial charge in [0.15, 0.2) is 5.78 Å². The molecule has 0 unspecified atom stereocenters. The predicted molar refractivity (Wildman–Crippen MR) is 141 cm³/mol. The highest BCUT2D eigenvalue weighted by atomic mass is 19.4. The second-order valence-electron chi connectivity index (χ2n) is 9.10. The molecule has 0 spiro atoms. The average molecular weight is 621 g/mol. The van der Waals surface area contributed by atoms with Gasteiger partial charge in [0.2, 0.25) is 11.6 Å². The molecule has 0 aliphatic rings. The lowest BCUT2D eigenvalue weighted by Crippen LogP contribution is -2.42. The van der Waals surface area contributed by atoms with Gasteiger partial charge in [0.1, 0.15) is 12.5 Å². The Balaban J connectivity index is 3.62. The van der Waals surface area contributed by atoms with E-state index >= 15 is 0 Å². The van der Waals surface area contributed by atoms with Gasteiger partial charge in [-0.1, -0.05) is 50.5 Å². The van der Waals surface area contributed by atoms with Gasteiger partial charge in [-0.25, -0.2) is 0 Å². The molecule has 0 N–H and O–H groups in total. The van der Waals surface area contributed by atoms with Gasteiger partial charge in [-0.3, -0.25) is 14.4 Å². The van der Waals surface area contributed by atoms with Crippen molar-refractivity contribution in [1.82, 2.24) is 0 Å². The first-order valence-corrected chi connectivity index (χ1v) is 13.8. The maximum Gasteiger partial charge on any atom is 0.450 e. The Hall–Kier alpha value is -2.13. The van der Waals surface area contributed by atoms with E-state index in [-0.39, 0.29) is 26.4 Å². The molecule has 244 valence electrons. The minimum absolute atomic E-state index is 0.0371. The molecule has 14 heteroatoms. The molecule has 0 heterocycles. The molecule has 0 rings (SSSR count). The van der Waals surface area contributed by atoms with E-state index in [2.05, 4.69) is 12.7 Å². The summed E-state index contributed by atoms with van der Waals surface area (Å²) in [6, 6.07) is 0. The Morgan fingerprint density at radius 1 is 0.595 bits per heavy atom. The van der Waals surface area contributed by atoms with E-state index in [9.17, 15) is 40.7 Å². The molecule has 0 radical (unpaired) electrons. The maximum atomic E-state index is 12.5. The molecule has 0 aliphatic carbocycles. The number of carbonyl (C=O) groups is 3. The highest BCUT2D eigenvalue weighted by Crippen LogP contribution is 2.29. The number of hydrogen-bond acceptors (Lipinski definition) is 8. The summed E-state index contributed by atoms with van der Waals surface area (Å²) in [6.07, 6.45) is 1.03. The number of allylic oxidation sites excluding steroid dienone is 3. The summed E-state index contributed by atoms with van der Waals surface area (Å²) in [6.45, 7) is 5.24. The van der Waals surface area contributed by atoms with E-state index in [0.717, 1.165) is 19.3 Å². The van der Waals surface area contributed by atoms with Crippen LogP contribution in [-0.4, -0.2) is 95.8 Å². The van der Waals surface area contributed by atoms with Crippen molar-refractivity contribution in [2.45, 2.75) is 63.7 Å². The molecule has 0 atom stereocenters. The summed E-state index contributed by atoms with van der Waals surface area (Å²) < 4.78 is 101. The van der Waals surface area contributed by atoms with E-state index < -0.39 is 48.6 Å². The summed E-state index contributed by atoms with van der Waals surface area (Å²) in [4.78, 5) is 34.1. The van der Waals surface area contributed by atoms with Crippen LogP contribution in [0.1, 0.15) is 51.4 Å². The largest absolute Gasteiger partial charge is 0.450 e. The number of ketones is 3. The Morgan fingerprint density at radius 3 is 1.45 bits per heavy atom. The van der Waals surface area contributed by atoms with Crippen LogP contribution < -0.4 is 0 Å². The fraction of sp³-hybridized carbons (Fsp3) is 0.750. The zero-order valence-electron chi connectivity index (χ0n) is 23.8. The highest BCUT2D eigenvalue weighted by molar-refractivity contribution is 6.09. The van der Waals surface area contributed by atoms with Crippen LogP contribution in [0.3, 0.4) is 0 Å². The molecule has 0 aliphatic heterocycles. The first-order chi connectivity index (χ1) is 19.9. The monoisotopic (exact) mass is 620 g/mol. The fourth-order valence-electron chi connectivity index (χ4n) is 3.42. The van der Waals surface area contributed by atoms with Crippen LogP contribution >= 0.6 is 0 Å². The van der Waals surface area contributed by atoms with Crippen molar-refractivity contribution >= 4 is 17.3 Å². The summed E-state index contributed by atoms with van der Waals surface area (Å²) in [7, 11) is 0. The number of ether oxygens (including phenoxy) is 5. The molecule has 0 saturated carbocycles. The first kappa shape index (κ1) is 39.9. The summed E-state index contributed by atoms with van der Waals surface area (Å²) in [5.74, 6) is -10.3. The van der Waals surface area contributed by atoms with Crippen LogP contribution in [0.4, 0.5) is 26.3 Å². The number of hydrogen-bond donors (Lipinski definition) is 0. The quantitative estimate of drug-likeness (QED) is 0.0498. The lowest BCUT2D eigenvalue weighted by atomic mass is 9.92. The van der Waals surface area contributed by atoms with Crippen molar-refractivity contribution in [3.63, 3.8) is 0 Å². The summed E-state index contributed by atoms with van der Waals surface area (Å²) in [5.41, 5.74) is 0. The number of unbranched alkanes of at least 4 members (excludes halogenated alkanes) is 6. The van der Waals surface area contributed by atoms with Crippen LogP contribution in [-0.2, 0) is 38.1 Å². The minimum Gasteiger partial charge on any atom is -0.379 e. The Bertz CT molecular complexity index is 757. The SMILES string of the molecule is C=C/C=C\CCCCCCCCOCCOCCOCCOCCOCC(=O)CC(C(=O)C(F)(F)F)C(=O)C(F)(F)F. The molecule has 0 amide bonds. The molecule has 0 aromatic heterocycles. The Morgan fingerprint density at radius 2 is 1.00 bits per heavy atom. The second-order valence-corrected chi connectivity index (χ2v) is 9.10. The van der Waals surface area contributed by atoms with Crippen molar-refractivity contribution in [2.24, 2.45) is 5.92 Å². The summed E-state index contributed by atoms with van der Waals surface area (Å²) >= 11 is 0. The normalized spacial score (nSPS) is 12.4. The second kappa shape index (κ2) is 24.3. The van der Waals surface area contributed by atoms with Gasteiger partial charge >= 0.3 is 12.4 Å². The highest BCUT2D eigenvalue weighted by Gasteiger charge is 2.53. The lowest BCUT2D eigenvalue weighted by molar-refractivity contribution is -0.190. The maximum absolute atomic E-state index is 12.5. The lowest BCUT2D eigenvalue weighted by Gasteiger charge is -2.17. The number of carbonyl (C=O) groups excluding carboxylic acids is 3. The van der Waals surface area contributed by atoms with Crippen molar-refractivity contribution in [1.29, 1.82) is 0 Å². The van der Waals surface area contributed by atoms with E-state index in [4.69, 9.17) is 23.7 Å². The topological polar surface area (TPSA) is 97.4 Å². The Labute approximate surface area is 242 Å². The van der Waals surface area contributed by atoms with Crippen LogP contribution in [0, 0.1) is 5.92 Å². The molecule has 0 aromatic carbocycles. The van der Waals surface area contributed by atoms with E-state index in [0.29, 0.717) is 33.0 Å². The molecule has 0 saturated heterocycles. The Kier molecular flexibility index (Phi) is 23.1. The minimum atomic E-state index is -5.70. The average Bonchev–Trinajstić information content (AvgIpc) is 2.92. The van der Waals surface area contributed by atoms with Crippen molar-refractivity contribution in [2.75, 3.05) is 66.1 Å². The zero-order chi connectivity index (χ0) is 31.7. The van der Waals surface area contributed by atoms with Crippen LogP contribution in [0.2, 0.25) is 0 Å². The summed E-state index contributed by atoms with van der Waals surface area (Å²) in [5, 5.41) is 0. The number of rotatable bonds is 28. The number of halogens is 6. The van der Waals surface area contributed by atoms with Gasteiger partial charge in [0.25, 0.3) is 0 Å². The van der Waals surface area contributed by atoms with E-state index in [1.54, 1.807) is 6.08 Å². The van der Waals surface area contributed by atoms with Crippen LogP contribution in [0.5, 0.6) is 0 Å². The van der Waals surface area contributed by atoms with Gasteiger partial charge < -0.3 is 23.7 Å². The van der Waals surface area contributed by atoms with Gasteiger partial charge in [0, 0.05) is 13.0 Å². The molecule has 0 fully saturated rings. The standard InChI is InChI=1S/C28H42F6O8/c1-2-3-4-5-6-7-8-9-10-11-12-38-13-14-39-15-16-40-17-18-41-19-20-42-22-23(35)21-24(25(36)27(29,30)31)26(37)28(32,33)34/h2-4,24H,1,5-22H2/b4-3-. The molecule has 0 bridgehead atoms. The third kappa shape index (κ3) is 22.5. The van der Waals surface area contributed by atoms with Crippen LogP contribution in [0.15, 0.2) is 24.8 Å². The van der Waals surface area contributed by atoms with Gasteiger partial charge in [-0.05, 0) is 19.3 Å². The third-order valence-corrected chi connectivity index (χ3v) is 5.56. The van der Waals surface area contributed by atoms with E-state index in [1.807, 2.05) is 6.08 Å². The predicted octanol–water partition coefficient (Wildman–Crippen LogP) is 5.38. The number of alkyl halides is 6. The van der Waals surface area contributed by atoms with Crippen LogP contribution in [0.25, 0.3) is 0 Å². The van der Waals surface area contributed by atoms with Gasteiger partial charge in [0.05, 0.1) is 52.9 Å². The number of Topliss-reactive ketones (excluding diaryl/α,β-unsaturated/α-hetero) is 3. The van der Waals surface area contributed by atoms with Crippen molar-refractivity contribution < 1.29 is 64.4 Å². The van der Waals surface area contributed by atoms with Gasteiger partial charge in [-0.15, -0.1) is 0 Å². The first-order valence-electron chi connectivity index (χ1n) is 13.8. The molecule has 8 nitrogen and oxygen atoms in total. The molecule has 0 aromatic rings. The zero-order valence-corrected chi connectivity index (χ0v) is 23.8. The third-order valence-electron chi connectivity index (χ3n) is 5.56. The van der Waals surface area contributed by atoms with Gasteiger partial charge in [-0.2, -0.15) is 26.3 Å². The van der Waals surface area contributed by atoms with E-state index in [1.165, 1.54) is 25.7 Å². The molecule has 42 heavy (non-hydrogen) atoms. The van der Waals surface area contributed by atoms with Crippen molar-refractivity contribution in [3.05, 3.63) is 24.8 Å². The molecular weight excluding hydrogens is 578 g/mol. The smallest absolute Gasteiger partial charge is 0.379 e. The molecular formula is C28H42F6O8.